The van der Waals surface area contributed by atoms with Gasteiger partial charge in [0.15, 0.2) is 0 Å². The first-order valence-electron chi connectivity index (χ1n) is 5.37. The van der Waals surface area contributed by atoms with Gasteiger partial charge in [-0.25, -0.2) is 4.39 Å². The van der Waals surface area contributed by atoms with Crippen LogP contribution in [0.15, 0.2) is 36.4 Å². The lowest BCUT2D eigenvalue weighted by Crippen LogP contribution is -2.09. The van der Waals surface area contributed by atoms with Crippen molar-refractivity contribution in [3.05, 3.63) is 52.8 Å². The summed E-state index contributed by atoms with van der Waals surface area (Å²) >= 11 is 5.45. The van der Waals surface area contributed by atoms with E-state index in [4.69, 9.17) is 22.1 Å². The van der Waals surface area contributed by atoms with Crippen molar-refractivity contribution in [2.24, 2.45) is 0 Å². The van der Waals surface area contributed by atoms with Crippen LogP contribution in [-0.2, 0) is 6.18 Å². The topological polar surface area (TPSA) is 35.2 Å². The summed E-state index contributed by atoms with van der Waals surface area (Å²) in [7, 11) is 0. The molecule has 7 heteroatoms. The second-order valence-electron chi connectivity index (χ2n) is 3.93. The first-order valence-corrected chi connectivity index (χ1v) is 5.75. The number of anilines is 1. The standard InChI is InChI=1S/C13H8ClF4NO/c14-10-5-9(6-11(15)12(10)13(16,17)18)20-8-3-1-7(19)2-4-8/h1-6H,19H2. The number of ether oxygens (including phenoxy) is 1. The Balaban J connectivity index is 2.33. The highest BCUT2D eigenvalue weighted by molar-refractivity contribution is 6.31. The third-order valence-corrected chi connectivity index (χ3v) is 2.71. The molecule has 0 saturated carbocycles. The highest BCUT2D eigenvalue weighted by Gasteiger charge is 2.37. The van der Waals surface area contributed by atoms with Gasteiger partial charge in [0.2, 0.25) is 0 Å². The van der Waals surface area contributed by atoms with Gasteiger partial charge in [-0.1, -0.05) is 11.6 Å². The summed E-state index contributed by atoms with van der Waals surface area (Å²) < 4.78 is 56.3. The van der Waals surface area contributed by atoms with E-state index < -0.39 is 22.6 Å². The normalized spacial score (nSPS) is 11.4. The van der Waals surface area contributed by atoms with E-state index in [0.29, 0.717) is 17.5 Å². The minimum absolute atomic E-state index is 0.134. The maximum atomic E-state index is 13.5. The van der Waals surface area contributed by atoms with Gasteiger partial charge in [-0.15, -0.1) is 0 Å². The van der Waals surface area contributed by atoms with Crippen molar-refractivity contribution >= 4 is 17.3 Å². The fourth-order valence-corrected chi connectivity index (χ4v) is 1.86. The Hall–Kier alpha value is -1.95. The smallest absolute Gasteiger partial charge is 0.420 e. The molecule has 0 heterocycles. The molecule has 0 aromatic heterocycles. The Morgan fingerprint density at radius 3 is 2.10 bits per heavy atom. The van der Waals surface area contributed by atoms with Crippen LogP contribution in [-0.4, -0.2) is 0 Å². The van der Waals surface area contributed by atoms with E-state index in [2.05, 4.69) is 0 Å². The molecule has 0 aliphatic heterocycles. The molecule has 0 aliphatic rings. The van der Waals surface area contributed by atoms with Gasteiger partial charge in [0.1, 0.15) is 22.9 Å². The quantitative estimate of drug-likeness (QED) is 0.634. The zero-order valence-electron chi connectivity index (χ0n) is 9.84. The molecule has 2 aromatic rings. The lowest BCUT2D eigenvalue weighted by atomic mass is 10.2. The van der Waals surface area contributed by atoms with Gasteiger partial charge >= 0.3 is 6.18 Å². The van der Waals surface area contributed by atoms with Crippen LogP contribution in [0.25, 0.3) is 0 Å². The molecule has 0 atom stereocenters. The fourth-order valence-electron chi connectivity index (χ4n) is 1.55. The number of halogens is 5. The van der Waals surface area contributed by atoms with Gasteiger partial charge in [0.05, 0.1) is 5.02 Å². The summed E-state index contributed by atoms with van der Waals surface area (Å²) in [6, 6.07) is 7.61. The molecule has 2 N–H and O–H groups in total. The van der Waals surface area contributed by atoms with Crippen molar-refractivity contribution < 1.29 is 22.3 Å². The van der Waals surface area contributed by atoms with Gasteiger partial charge in [-0.2, -0.15) is 13.2 Å². The second-order valence-corrected chi connectivity index (χ2v) is 4.34. The number of rotatable bonds is 2. The van der Waals surface area contributed by atoms with Crippen LogP contribution in [0.5, 0.6) is 11.5 Å². The molecule has 0 fully saturated rings. The molecule has 2 aromatic carbocycles. The van der Waals surface area contributed by atoms with Crippen molar-refractivity contribution in [1.82, 2.24) is 0 Å². The molecule has 2 rings (SSSR count). The molecule has 0 spiro atoms. The molecule has 0 saturated heterocycles. The number of hydrogen-bond donors (Lipinski definition) is 1. The molecule has 20 heavy (non-hydrogen) atoms. The highest BCUT2D eigenvalue weighted by Crippen LogP contribution is 2.39. The number of alkyl halides is 3. The maximum Gasteiger partial charge on any atom is 0.420 e. The third kappa shape index (κ3) is 3.14. The number of nitrogen functional groups attached to an aromatic ring is 1. The monoisotopic (exact) mass is 305 g/mol. The molecule has 0 aliphatic carbocycles. The summed E-state index contributed by atoms with van der Waals surface area (Å²) in [6.45, 7) is 0. The largest absolute Gasteiger partial charge is 0.457 e. The molecule has 2 nitrogen and oxygen atoms in total. The molecular weight excluding hydrogens is 298 g/mol. The summed E-state index contributed by atoms with van der Waals surface area (Å²) in [6.07, 6.45) is -4.86. The lowest BCUT2D eigenvalue weighted by molar-refractivity contribution is -0.139. The van der Waals surface area contributed by atoms with E-state index in [0.717, 1.165) is 6.07 Å². The molecule has 0 amide bonds. The van der Waals surface area contributed by atoms with Gasteiger partial charge in [0, 0.05) is 17.8 Å². The summed E-state index contributed by atoms with van der Waals surface area (Å²) in [4.78, 5) is 0. The summed E-state index contributed by atoms with van der Waals surface area (Å²) in [5, 5.41) is -0.761. The van der Waals surface area contributed by atoms with Crippen LogP contribution in [0, 0.1) is 5.82 Å². The Bertz CT molecular complexity index is 602. The van der Waals surface area contributed by atoms with Gasteiger partial charge in [-0.05, 0) is 24.3 Å². The van der Waals surface area contributed by atoms with E-state index in [1.54, 1.807) is 0 Å². The molecule has 106 valence electrons. The van der Waals surface area contributed by atoms with Crippen LogP contribution in [0.2, 0.25) is 5.02 Å². The minimum Gasteiger partial charge on any atom is -0.457 e. The fraction of sp³-hybridized carbons (Fsp3) is 0.0769. The molecular formula is C13H8ClF4NO. The number of hydrogen-bond acceptors (Lipinski definition) is 2. The first-order chi connectivity index (χ1) is 9.27. The zero-order chi connectivity index (χ0) is 14.9. The SMILES string of the molecule is Nc1ccc(Oc2cc(F)c(C(F)(F)F)c(Cl)c2)cc1. The lowest BCUT2D eigenvalue weighted by Gasteiger charge is -2.12. The molecule has 0 bridgehead atoms. The van der Waals surface area contributed by atoms with E-state index in [1.807, 2.05) is 0 Å². The maximum absolute atomic E-state index is 13.5. The van der Waals surface area contributed by atoms with Gasteiger partial charge in [0.25, 0.3) is 0 Å². The van der Waals surface area contributed by atoms with Crippen molar-refractivity contribution in [2.45, 2.75) is 6.18 Å². The Morgan fingerprint density at radius 2 is 1.60 bits per heavy atom. The van der Waals surface area contributed by atoms with Crippen LogP contribution in [0.3, 0.4) is 0 Å². The average Bonchev–Trinajstić information content (AvgIpc) is 2.29. The highest BCUT2D eigenvalue weighted by atomic mass is 35.5. The van der Waals surface area contributed by atoms with Crippen molar-refractivity contribution in [2.75, 3.05) is 5.73 Å². The predicted octanol–water partition coefficient (Wildman–Crippen LogP) is 4.87. The van der Waals surface area contributed by atoms with Crippen LogP contribution in [0.1, 0.15) is 5.56 Å². The molecule has 0 radical (unpaired) electrons. The van der Waals surface area contributed by atoms with E-state index in [9.17, 15) is 17.6 Å². The Labute approximate surface area is 116 Å². The first kappa shape index (κ1) is 14.5. The van der Waals surface area contributed by atoms with Gasteiger partial charge in [-0.3, -0.25) is 0 Å². The number of benzene rings is 2. The average molecular weight is 306 g/mol. The Kier molecular flexibility index (Phi) is 3.76. The summed E-state index contributed by atoms with van der Waals surface area (Å²) in [5.74, 6) is -1.32. The van der Waals surface area contributed by atoms with Crippen LogP contribution < -0.4 is 10.5 Å². The van der Waals surface area contributed by atoms with E-state index in [1.165, 1.54) is 24.3 Å². The zero-order valence-corrected chi connectivity index (χ0v) is 10.6. The Morgan fingerprint density at radius 1 is 1.00 bits per heavy atom. The minimum atomic E-state index is -4.86. The summed E-state index contributed by atoms with van der Waals surface area (Å²) in [5.41, 5.74) is 4.46. The number of nitrogens with two attached hydrogens (primary N) is 1. The van der Waals surface area contributed by atoms with Gasteiger partial charge < -0.3 is 10.5 Å². The van der Waals surface area contributed by atoms with Crippen molar-refractivity contribution in [3.8, 4) is 11.5 Å². The van der Waals surface area contributed by atoms with E-state index in [-0.39, 0.29) is 5.75 Å². The second kappa shape index (κ2) is 5.20. The predicted molar refractivity (Wildman–Crippen MR) is 67.3 cm³/mol. The van der Waals surface area contributed by atoms with E-state index >= 15 is 0 Å². The van der Waals surface area contributed by atoms with Crippen molar-refractivity contribution in [3.63, 3.8) is 0 Å². The molecule has 0 unspecified atom stereocenters. The third-order valence-electron chi connectivity index (χ3n) is 2.41. The van der Waals surface area contributed by atoms with Crippen molar-refractivity contribution in [1.29, 1.82) is 0 Å². The van der Waals surface area contributed by atoms with Crippen LogP contribution >= 0.6 is 11.6 Å². The van der Waals surface area contributed by atoms with Crippen LogP contribution in [0.4, 0.5) is 23.2 Å².